The van der Waals surface area contributed by atoms with Crippen molar-refractivity contribution in [1.29, 1.82) is 0 Å². The minimum atomic E-state index is -0.0644. The Kier molecular flexibility index (Phi) is 7.44. The number of rotatable bonds is 9. The van der Waals surface area contributed by atoms with Gasteiger partial charge in [0.25, 0.3) is 0 Å². The number of ether oxygens (including phenoxy) is 1. The Morgan fingerprint density at radius 2 is 1.92 bits per heavy atom. The number of anilines is 1. The van der Waals surface area contributed by atoms with Crippen molar-refractivity contribution >= 4 is 11.6 Å². The third kappa shape index (κ3) is 6.21. The number of hydrogen-bond acceptors (Lipinski definition) is 4. The molecule has 0 radical (unpaired) electrons. The molecule has 0 heterocycles. The van der Waals surface area contributed by atoms with Crippen LogP contribution in [-0.2, 0) is 11.2 Å². The van der Waals surface area contributed by atoms with E-state index in [1.54, 1.807) is 7.11 Å². The highest BCUT2D eigenvalue weighted by molar-refractivity contribution is 5.93. The number of carbonyl (C=O) groups is 1. The summed E-state index contributed by atoms with van der Waals surface area (Å²) in [6.45, 7) is 4.29. The first-order valence-electron chi connectivity index (χ1n) is 8.53. The van der Waals surface area contributed by atoms with E-state index in [0.717, 1.165) is 18.5 Å². The maximum Gasteiger partial charge on any atom is 0.238 e. The van der Waals surface area contributed by atoms with Gasteiger partial charge in [-0.15, -0.1) is 0 Å². The monoisotopic (exact) mass is 341 g/mol. The Morgan fingerprint density at radius 1 is 1.16 bits per heavy atom. The van der Waals surface area contributed by atoms with Crippen LogP contribution < -0.4 is 15.8 Å². The zero-order valence-corrected chi connectivity index (χ0v) is 15.0. The highest BCUT2D eigenvalue weighted by Crippen LogP contribution is 2.25. The molecule has 0 atom stereocenters. The maximum absolute atomic E-state index is 12.4. The van der Waals surface area contributed by atoms with Crippen LogP contribution in [0.3, 0.4) is 0 Å². The van der Waals surface area contributed by atoms with Gasteiger partial charge in [0.05, 0.1) is 19.3 Å². The summed E-state index contributed by atoms with van der Waals surface area (Å²) in [5.41, 5.74) is 8.72. The lowest BCUT2D eigenvalue weighted by Crippen LogP contribution is -2.38. The quantitative estimate of drug-likeness (QED) is 0.735. The zero-order chi connectivity index (χ0) is 18.1. The summed E-state index contributed by atoms with van der Waals surface area (Å²) in [5.74, 6) is 0.596. The molecule has 2 rings (SSSR count). The van der Waals surface area contributed by atoms with Crippen LogP contribution in [0, 0.1) is 6.92 Å². The van der Waals surface area contributed by atoms with E-state index in [4.69, 9.17) is 10.5 Å². The average Bonchev–Trinajstić information content (AvgIpc) is 2.61. The third-order valence-corrected chi connectivity index (χ3v) is 4.00. The van der Waals surface area contributed by atoms with Gasteiger partial charge in [0.15, 0.2) is 0 Å². The molecule has 0 saturated carbocycles. The number of benzene rings is 2. The van der Waals surface area contributed by atoms with Crippen LogP contribution in [0.15, 0.2) is 48.5 Å². The fourth-order valence-electron chi connectivity index (χ4n) is 2.70. The van der Waals surface area contributed by atoms with Gasteiger partial charge in [-0.25, -0.2) is 0 Å². The molecule has 0 spiro atoms. The van der Waals surface area contributed by atoms with Crippen molar-refractivity contribution in [2.24, 2.45) is 5.73 Å². The normalized spacial score (nSPS) is 10.7. The summed E-state index contributed by atoms with van der Waals surface area (Å²) in [6, 6.07) is 16.0. The van der Waals surface area contributed by atoms with Crippen molar-refractivity contribution in [3.8, 4) is 5.75 Å². The lowest BCUT2D eigenvalue weighted by molar-refractivity contribution is -0.117. The van der Waals surface area contributed by atoms with Crippen LogP contribution in [0.5, 0.6) is 5.75 Å². The number of methoxy groups -OCH3 is 1. The van der Waals surface area contributed by atoms with Crippen LogP contribution in [0.4, 0.5) is 5.69 Å². The Labute approximate surface area is 149 Å². The predicted molar refractivity (Wildman–Crippen MR) is 102 cm³/mol. The second-order valence-electron chi connectivity index (χ2n) is 6.05. The molecule has 5 nitrogen and oxygen atoms in total. The highest BCUT2D eigenvalue weighted by Gasteiger charge is 2.12. The molecule has 0 aromatic heterocycles. The molecule has 1 amide bonds. The largest absolute Gasteiger partial charge is 0.495 e. The second kappa shape index (κ2) is 9.81. The van der Waals surface area contributed by atoms with Crippen LogP contribution >= 0.6 is 0 Å². The van der Waals surface area contributed by atoms with Crippen molar-refractivity contribution in [2.45, 2.75) is 13.3 Å². The van der Waals surface area contributed by atoms with E-state index in [2.05, 4.69) is 22.3 Å². The summed E-state index contributed by atoms with van der Waals surface area (Å²) in [4.78, 5) is 14.5. The predicted octanol–water partition coefficient (Wildman–Crippen LogP) is 2.45. The number of carbonyl (C=O) groups excluding carboxylic acids is 1. The van der Waals surface area contributed by atoms with Crippen LogP contribution in [-0.4, -0.2) is 44.1 Å². The number of amides is 1. The van der Waals surface area contributed by atoms with Crippen molar-refractivity contribution in [3.63, 3.8) is 0 Å². The van der Waals surface area contributed by atoms with Crippen molar-refractivity contribution in [2.75, 3.05) is 38.6 Å². The number of aryl methyl sites for hydroxylation is 1. The number of hydrogen-bond donors (Lipinski definition) is 2. The molecule has 0 aliphatic carbocycles. The highest BCUT2D eigenvalue weighted by atomic mass is 16.5. The Balaban J connectivity index is 1.94. The first-order chi connectivity index (χ1) is 12.1. The molecule has 3 N–H and O–H groups in total. The van der Waals surface area contributed by atoms with Crippen LogP contribution in [0.25, 0.3) is 0 Å². The van der Waals surface area contributed by atoms with Crippen LogP contribution in [0.2, 0.25) is 0 Å². The lowest BCUT2D eigenvalue weighted by atomic mass is 10.1. The molecule has 0 aliphatic heterocycles. The summed E-state index contributed by atoms with van der Waals surface area (Å²) >= 11 is 0. The van der Waals surface area contributed by atoms with E-state index in [1.165, 1.54) is 5.56 Å². The van der Waals surface area contributed by atoms with E-state index < -0.39 is 0 Å². The molecule has 2 aromatic rings. The Morgan fingerprint density at radius 3 is 2.60 bits per heavy atom. The summed E-state index contributed by atoms with van der Waals surface area (Å²) < 4.78 is 5.31. The molecule has 0 unspecified atom stereocenters. The van der Waals surface area contributed by atoms with Gasteiger partial charge in [-0.05, 0) is 36.6 Å². The smallest absolute Gasteiger partial charge is 0.238 e. The number of nitrogens with one attached hydrogen (secondary N) is 1. The molecule has 2 aromatic carbocycles. The van der Waals surface area contributed by atoms with Gasteiger partial charge < -0.3 is 15.8 Å². The van der Waals surface area contributed by atoms with E-state index in [1.807, 2.05) is 43.3 Å². The minimum Gasteiger partial charge on any atom is -0.495 e. The molecule has 0 aliphatic rings. The van der Waals surface area contributed by atoms with Crippen molar-refractivity contribution in [1.82, 2.24) is 4.90 Å². The van der Waals surface area contributed by atoms with Gasteiger partial charge in [0, 0.05) is 19.6 Å². The Bertz CT molecular complexity index is 674. The molecule has 0 bridgehead atoms. The fraction of sp³-hybridized carbons (Fsp3) is 0.350. The Hall–Kier alpha value is -2.37. The van der Waals surface area contributed by atoms with Crippen molar-refractivity contribution < 1.29 is 9.53 Å². The molecule has 5 heteroatoms. The SMILES string of the molecule is COc1ccc(C)cc1NC(=O)CN(CCN)CCc1ccccc1. The van der Waals surface area contributed by atoms with Gasteiger partial charge in [0.1, 0.15) is 5.75 Å². The molecular formula is C20H27N3O2. The summed E-state index contributed by atoms with van der Waals surface area (Å²) in [6.07, 6.45) is 0.891. The second-order valence-corrected chi connectivity index (χ2v) is 6.05. The summed E-state index contributed by atoms with van der Waals surface area (Å²) in [7, 11) is 1.60. The van der Waals surface area contributed by atoms with Gasteiger partial charge >= 0.3 is 0 Å². The topological polar surface area (TPSA) is 67.6 Å². The zero-order valence-electron chi connectivity index (χ0n) is 15.0. The molecule has 25 heavy (non-hydrogen) atoms. The summed E-state index contributed by atoms with van der Waals surface area (Å²) in [5, 5.41) is 2.94. The molecule has 134 valence electrons. The third-order valence-electron chi connectivity index (χ3n) is 4.00. The molecular weight excluding hydrogens is 314 g/mol. The molecule has 0 fully saturated rings. The van der Waals surface area contributed by atoms with Crippen LogP contribution in [0.1, 0.15) is 11.1 Å². The van der Waals surface area contributed by atoms with Gasteiger partial charge in [-0.1, -0.05) is 36.4 Å². The average molecular weight is 341 g/mol. The molecule has 0 saturated heterocycles. The van der Waals surface area contributed by atoms with Crippen molar-refractivity contribution in [3.05, 3.63) is 59.7 Å². The first kappa shape index (κ1) is 19.0. The van der Waals surface area contributed by atoms with E-state index >= 15 is 0 Å². The van der Waals surface area contributed by atoms with E-state index in [-0.39, 0.29) is 5.91 Å². The van der Waals surface area contributed by atoms with Gasteiger partial charge in [-0.2, -0.15) is 0 Å². The van der Waals surface area contributed by atoms with E-state index in [9.17, 15) is 4.79 Å². The lowest BCUT2D eigenvalue weighted by Gasteiger charge is -2.21. The maximum atomic E-state index is 12.4. The van der Waals surface area contributed by atoms with Gasteiger partial charge in [-0.3, -0.25) is 9.69 Å². The van der Waals surface area contributed by atoms with Gasteiger partial charge in [0.2, 0.25) is 5.91 Å². The van der Waals surface area contributed by atoms with E-state index in [0.29, 0.717) is 31.1 Å². The number of nitrogens with zero attached hydrogens (tertiary/aromatic N) is 1. The minimum absolute atomic E-state index is 0.0644. The fourth-order valence-corrected chi connectivity index (χ4v) is 2.70. The first-order valence-corrected chi connectivity index (χ1v) is 8.53. The standard InChI is InChI=1S/C20H27N3O2/c1-16-8-9-19(25-2)18(14-16)22-20(24)15-23(13-11-21)12-10-17-6-4-3-5-7-17/h3-9,14H,10-13,15,21H2,1-2H3,(H,22,24). The number of nitrogens with two attached hydrogens (primary N) is 1.